The molecule has 0 atom stereocenters. The highest BCUT2D eigenvalue weighted by Gasteiger charge is 2.01. The molecule has 0 saturated heterocycles. The van der Waals surface area contributed by atoms with Gasteiger partial charge in [0.05, 0.1) is 16.6 Å². The van der Waals surface area contributed by atoms with E-state index < -0.39 is 0 Å². The van der Waals surface area contributed by atoms with Crippen LogP contribution in [0.4, 0.5) is 0 Å². The first-order chi connectivity index (χ1) is 6.72. The molecule has 0 aliphatic heterocycles. The maximum Gasteiger partial charge on any atom is 0.250 e. The number of nitrogens with zero attached hydrogens (tertiary/aromatic N) is 3. The highest BCUT2D eigenvalue weighted by atomic mass is 16.1. The van der Waals surface area contributed by atoms with Crippen LogP contribution in [0.3, 0.4) is 0 Å². The Bertz CT molecular complexity index is 592. The maximum atomic E-state index is 11.3. The Balaban J connectivity index is 2.93. The van der Waals surface area contributed by atoms with E-state index >= 15 is 0 Å². The molecule has 2 aromatic heterocycles. The van der Waals surface area contributed by atoms with Gasteiger partial charge in [0.2, 0.25) is 0 Å². The zero-order chi connectivity index (χ0) is 10.1. The number of hydrogen-bond donors (Lipinski definition) is 0. The van der Waals surface area contributed by atoms with Gasteiger partial charge in [0.1, 0.15) is 6.07 Å². The Hall–Kier alpha value is -2.15. The van der Waals surface area contributed by atoms with Crippen molar-refractivity contribution in [1.82, 2.24) is 9.55 Å². The molecule has 2 heterocycles. The van der Waals surface area contributed by atoms with Gasteiger partial charge in [-0.2, -0.15) is 5.26 Å². The summed E-state index contributed by atoms with van der Waals surface area (Å²) in [5, 5.41) is 8.68. The van der Waals surface area contributed by atoms with Gasteiger partial charge in [0.25, 0.3) is 5.56 Å². The molecule has 0 amide bonds. The van der Waals surface area contributed by atoms with Crippen LogP contribution in [0.25, 0.3) is 11.0 Å². The largest absolute Gasteiger partial charge is 0.310 e. The second-order valence-corrected chi connectivity index (χ2v) is 2.97. The number of aryl methyl sites for hydroxylation is 1. The van der Waals surface area contributed by atoms with Gasteiger partial charge in [-0.05, 0) is 12.1 Å². The van der Waals surface area contributed by atoms with Crippen molar-refractivity contribution in [3.05, 3.63) is 40.3 Å². The van der Waals surface area contributed by atoms with Crippen molar-refractivity contribution in [2.75, 3.05) is 0 Å². The fourth-order valence-corrected chi connectivity index (χ4v) is 1.30. The third-order valence-electron chi connectivity index (χ3n) is 2.10. The van der Waals surface area contributed by atoms with Crippen molar-refractivity contribution in [3.63, 3.8) is 0 Å². The van der Waals surface area contributed by atoms with Gasteiger partial charge >= 0.3 is 0 Å². The number of hydrogen-bond acceptors (Lipinski definition) is 3. The molecule has 4 heteroatoms. The third-order valence-corrected chi connectivity index (χ3v) is 2.10. The number of fused-ring (bicyclic) bond motifs is 1. The van der Waals surface area contributed by atoms with Crippen LogP contribution in [0.15, 0.2) is 29.2 Å². The fraction of sp³-hybridized carbons (Fsp3) is 0.100. The molecule has 0 aromatic carbocycles. The SMILES string of the molecule is Cn1c(=O)ccc2ncc(C#N)cc21. The summed E-state index contributed by atoms with van der Waals surface area (Å²) < 4.78 is 1.48. The van der Waals surface area contributed by atoms with Gasteiger partial charge in [0.15, 0.2) is 0 Å². The van der Waals surface area contributed by atoms with Gasteiger partial charge in [-0.3, -0.25) is 9.78 Å². The smallest absolute Gasteiger partial charge is 0.250 e. The standard InChI is InChI=1S/C10H7N3O/c1-13-9-4-7(5-11)6-12-8(9)2-3-10(13)14/h2-4,6H,1H3. The minimum atomic E-state index is -0.102. The van der Waals surface area contributed by atoms with Gasteiger partial charge in [-0.15, -0.1) is 0 Å². The van der Waals surface area contributed by atoms with Crippen molar-refractivity contribution in [3.8, 4) is 6.07 Å². The molecule has 0 spiro atoms. The van der Waals surface area contributed by atoms with Crippen LogP contribution < -0.4 is 5.56 Å². The number of pyridine rings is 2. The van der Waals surface area contributed by atoms with Crippen molar-refractivity contribution >= 4 is 11.0 Å². The highest BCUT2D eigenvalue weighted by Crippen LogP contribution is 2.09. The highest BCUT2D eigenvalue weighted by molar-refractivity contribution is 5.75. The van der Waals surface area contributed by atoms with E-state index in [-0.39, 0.29) is 5.56 Å². The monoisotopic (exact) mass is 185 g/mol. The molecule has 14 heavy (non-hydrogen) atoms. The topological polar surface area (TPSA) is 58.7 Å². The second-order valence-electron chi connectivity index (χ2n) is 2.97. The van der Waals surface area contributed by atoms with Crippen molar-refractivity contribution in [2.24, 2.45) is 7.05 Å². The Morgan fingerprint density at radius 1 is 1.50 bits per heavy atom. The van der Waals surface area contributed by atoms with Crippen molar-refractivity contribution in [2.45, 2.75) is 0 Å². The first kappa shape index (κ1) is 8.45. The zero-order valence-electron chi connectivity index (χ0n) is 7.56. The molecule has 2 aromatic rings. The Morgan fingerprint density at radius 2 is 2.29 bits per heavy atom. The van der Waals surface area contributed by atoms with E-state index in [1.54, 1.807) is 19.2 Å². The summed E-state index contributed by atoms with van der Waals surface area (Å²) in [7, 11) is 1.66. The maximum absolute atomic E-state index is 11.3. The lowest BCUT2D eigenvalue weighted by molar-refractivity contribution is 0.903. The van der Waals surface area contributed by atoms with E-state index in [2.05, 4.69) is 4.98 Å². The molecule has 0 unspecified atom stereocenters. The zero-order valence-corrected chi connectivity index (χ0v) is 7.56. The summed E-state index contributed by atoms with van der Waals surface area (Å²) in [4.78, 5) is 15.4. The summed E-state index contributed by atoms with van der Waals surface area (Å²) in [6.45, 7) is 0. The third kappa shape index (κ3) is 1.15. The van der Waals surface area contributed by atoms with E-state index in [1.165, 1.54) is 16.8 Å². The summed E-state index contributed by atoms with van der Waals surface area (Å²) in [6, 6.07) is 6.76. The molecule has 4 nitrogen and oxygen atoms in total. The fourth-order valence-electron chi connectivity index (χ4n) is 1.30. The first-order valence-electron chi connectivity index (χ1n) is 4.08. The van der Waals surface area contributed by atoms with Crippen LogP contribution in [0.2, 0.25) is 0 Å². The molecule has 0 aliphatic carbocycles. The summed E-state index contributed by atoms with van der Waals surface area (Å²) >= 11 is 0. The molecule has 0 aliphatic rings. The lowest BCUT2D eigenvalue weighted by atomic mass is 10.2. The molecule has 0 saturated carbocycles. The van der Waals surface area contributed by atoms with E-state index in [0.717, 1.165) is 0 Å². The summed E-state index contributed by atoms with van der Waals surface area (Å²) in [5.41, 5.74) is 1.75. The van der Waals surface area contributed by atoms with Gasteiger partial charge in [-0.25, -0.2) is 0 Å². The van der Waals surface area contributed by atoms with Crippen LogP contribution in [0.1, 0.15) is 5.56 Å². The number of nitriles is 1. The molecular formula is C10H7N3O. The second kappa shape index (κ2) is 2.96. The molecular weight excluding hydrogens is 178 g/mol. The average Bonchev–Trinajstić information content (AvgIpc) is 2.23. The quantitative estimate of drug-likeness (QED) is 0.610. The molecule has 0 N–H and O–H groups in total. The van der Waals surface area contributed by atoms with Gasteiger partial charge < -0.3 is 4.57 Å². The Morgan fingerprint density at radius 3 is 3.00 bits per heavy atom. The molecule has 2 rings (SSSR count). The molecule has 68 valence electrons. The van der Waals surface area contributed by atoms with E-state index in [0.29, 0.717) is 16.6 Å². The first-order valence-corrected chi connectivity index (χ1v) is 4.08. The minimum absolute atomic E-state index is 0.102. The van der Waals surface area contributed by atoms with E-state index in [4.69, 9.17) is 5.26 Å². The molecule has 0 radical (unpaired) electrons. The molecule has 0 bridgehead atoms. The van der Waals surface area contributed by atoms with Crippen LogP contribution >= 0.6 is 0 Å². The Labute approximate surface area is 80.0 Å². The lowest BCUT2D eigenvalue weighted by Gasteiger charge is -2.02. The number of rotatable bonds is 0. The predicted molar refractivity (Wildman–Crippen MR) is 51.7 cm³/mol. The van der Waals surface area contributed by atoms with E-state index in [1.807, 2.05) is 6.07 Å². The summed E-state index contributed by atoms with van der Waals surface area (Å²) in [6.07, 6.45) is 1.49. The average molecular weight is 185 g/mol. The normalized spacial score (nSPS) is 10.0. The van der Waals surface area contributed by atoms with Crippen LogP contribution in [0.5, 0.6) is 0 Å². The number of aromatic nitrogens is 2. The Kier molecular flexibility index (Phi) is 1.79. The van der Waals surface area contributed by atoms with Crippen LogP contribution in [-0.2, 0) is 7.05 Å². The predicted octanol–water partition coefficient (Wildman–Crippen LogP) is 0.805. The van der Waals surface area contributed by atoms with Crippen LogP contribution in [0, 0.1) is 11.3 Å². The van der Waals surface area contributed by atoms with Gasteiger partial charge in [-0.1, -0.05) is 0 Å². The van der Waals surface area contributed by atoms with Gasteiger partial charge in [0, 0.05) is 19.3 Å². The summed E-state index contributed by atoms with van der Waals surface area (Å²) in [5.74, 6) is 0. The van der Waals surface area contributed by atoms with Crippen LogP contribution in [-0.4, -0.2) is 9.55 Å². The molecule has 0 fully saturated rings. The van der Waals surface area contributed by atoms with Crippen molar-refractivity contribution in [1.29, 1.82) is 5.26 Å². The van der Waals surface area contributed by atoms with E-state index in [9.17, 15) is 4.79 Å². The minimum Gasteiger partial charge on any atom is -0.310 e. The van der Waals surface area contributed by atoms with Crippen molar-refractivity contribution < 1.29 is 0 Å². The lowest BCUT2D eigenvalue weighted by Crippen LogP contribution is -2.15.